The lowest BCUT2D eigenvalue weighted by Crippen LogP contribution is -2.17. The van der Waals surface area contributed by atoms with Crippen LogP contribution in [0.15, 0.2) is 24.3 Å². The van der Waals surface area contributed by atoms with E-state index in [2.05, 4.69) is 31.2 Å². The maximum absolute atomic E-state index is 8.12. The molecule has 3 nitrogen and oxygen atoms in total. The van der Waals surface area contributed by atoms with Gasteiger partial charge in [-0.05, 0) is 30.9 Å². The number of aryl methyl sites for hydroxylation is 1. The fourth-order valence-corrected chi connectivity index (χ4v) is 1.28. The molecule has 0 heterocycles. The Kier molecular flexibility index (Phi) is 16.1. The summed E-state index contributed by atoms with van der Waals surface area (Å²) < 4.78 is 0. The van der Waals surface area contributed by atoms with Crippen LogP contribution >= 0.6 is 12.4 Å². The van der Waals surface area contributed by atoms with Crippen LogP contribution in [0.4, 0.5) is 0 Å². The highest BCUT2D eigenvalue weighted by Gasteiger charge is 1.96. The highest BCUT2D eigenvalue weighted by molar-refractivity contribution is 5.85. The fraction of sp³-hybridized carbons (Fsp3) is 0.462. The predicted octanol–water partition coefficient (Wildman–Crippen LogP) is 2.61. The number of rotatable bonds is 3. The lowest BCUT2D eigenvalue weighted by Gasteiger charge is -2.05. The van der Waals surface area contributed by atoms with Gasteiger partial charge in [0.1, 0.15) is 0 Å². The van der Waals surface area contributed by atoms with E-state index < -0.39 is 0 Å². The lowest BCUT2D eigenvalue weighted by molar-refractivity contribution is -0.191. The van der Waals surface area contributed by atoms with Crippen molar-refractivity contribution < 1.29 is 9.59 Å². The van der Waals surface area contributed by atoms with E-state index in [1.807, 2.05) is 6.92 Å². The van der Waals surface area contributed by atoms with Crippen LogP contribution < -0.4 is 5.73 Å². The maximum atomic E-state index is 8.12. The number of carbonyl (C=O) groups excluding carboxylic acids is 2. The molecule has 0 amide bonds. The molecule has 0 aliphatic rings. The molecule has 0 aliphatic carbocycles. The molecule has 98 valence electrons. The van der Waals surface area contributed by atoms with Gasteiger partial charge in [-0.2, -0.15) is 9.59 Å². The van der Waals surface area contributed by atoms with Crippen molar-refractivity contribution in [2.24, 2.45) is 5.73 Å². The van der Waals surface area contributed by atoms with E-state index in [0.717, 1.165) is 12.8 Å². The number of benzene rings is 1. The van der Waals surface area contributed by atoms with Gasteiger partial charge >= 0.3 is 6.15 Å². The second-order valence-corrected chi connectivity index (χ2v) is 3.43. The zero-order valence-electron chi connectivity index (χ0n) is 9.60. The van der Waals surface area contributed by atoms with Crippen LogP contribution in [0.3, 0.4) is 0 Å². The van der Waals surface area contributed by atoms with Crippen molar-refractivity contribution in [2.75, 3.05) is 0 Å². The molecule has 1 rings (SSSR count). The first-order chi connectivity index (χ1) is 7.13. The lowest BCUT2D eigenvalue weighted by atomic mass is 10.0. The topological polar surface area (TPSA) is 60.2 Å². The highest BCUT2D eigenvalue weighted by Crippen LogP contribution is 2.06. The van der Waals surface area contributed by atoms with E-state index in [1.165, 1.54) is 11.1 Å². The van der Waals surface area contributed by atoms with Gasteiger partial charge in [0.15, 0.2) is 0 Å². The molecule has 0 radical (unpaired) electrons. The van der Waals surface area contributed by atoms with Gasteiger partial charge in [-0.25, -0.2) is 0 Å². The van der Waals surface area contributed by atoms with Crippen molar-refractivity contribution in [1.29, 1.82) is 0 Å². The smallest absolute Gasteiger partial charge is 0.328 e. The first kappa shape index (κ1) is 21.2. The van der Waals surface area contributed by atoms with Crippen LogP contribution in [0.5, 0.6) is 0 Å². The van der Waals surface area contributed by atoms with Crippen molar-refractivity contribution in [3.05, 3.63) is 35.4 Å². The molecule has 2 N–H and O–H groups in total. The van der Waals surface area contributed by atoms with Gasteiger partial charge in [-0.3, -0.25) is 0 Å². The molecule has 1 atom stereocenters. The van der Waals surface area contributed by atoms with E-state index in [1.54, 1.807) is 0 Å². The molecule has 0 saturated carbocycles. The van der Waals surface area contributed by atoms with Crippen molar-refractivity contribution >= 4 is 18.6 Å². The Hall–Kier alpha value is -1.15. The zero-order valence-corrected chi connectivity index (χ0v) is 10.4. The maximum Gasteiger partial charge on any atom is 0.373 e. The largest absolute Gasteiger partial charge is 0.373 e. The van der Waals surface area contributed by atoms with E-state index in [4.69, 9.17) is 15.3 Å². The van der Waals surface area contributed by atoms with Crippen LogP contribution in [-0.4, -0.2) is 12.2 Å². The average Bonchev–Trinajstić information content (AvgIpc) is 2.19. The molecule has 0 fully saturated rings. The summed E-state index contributed by atoms with van der Waals surface area (Å²) >= 11 is 0. The molecule has 1 aromatic carbocycles. The van der Waals surface area contributed by atoms with E-state index in [9.17, 15) is 0 Å². The quantitative estimate of drug-likeness (QED) is 0.908. The SMILES string of the molecule is C.CCc1ccc(CC(C)N)cc1.Cl.O=C=O. The summed E-state index contributed by atoms with van der Waals surface area (Å²) in [5.41, 5.74) is 8.42. The van der Waals surface area contributed by atoms with E-state index in [-0.39, 0.29) is 32.0 Å². The normalized spacial score (nSPS) is 9.59. The summed E-state index contributed by atoms with van der Waals surface area (Å²) in [5, 5.41) is 0. The minimum absolute atomic E-state index is 0. The second-order valence-electron chi connectivity index (χ2n) is 3.43. The van der Waals surface area contributed by atoms with Crippen LogP contribution in [0.25, 0.3) is 0 Å². The van der Waals surface area contributed by atoms with Gasteiger partial charge in [-0.1, -0.05) is 38.6 Å². The number of hydrogen-bond donors (Lipinski definition) is 1. The summed E-state index contributed by atoms with van der Waals surface area (Å²) in [4.78, 5) is 16.2. The molecule has 0 aliphatic heterocycles. The Morgan fingerprint density at radius 2 is 1.53 bits per heavy atom. The van der Waals surface area contributed by atoms with Crippen molar-refractivity contribution in [1.82, 2.24) is 0 Å². The predicted molar refractivity (Wildman–Crippen MR) is 72.2 cm³/mol. The first-order valence-corrected chi connectivity index (χ1v) is 4.96. The van der Waals surface area contributed by atoms with Gasteiger partial charge in [0.2, 0.25) is 0 Å². The summed E-state index contributed by atoms with van der Waals surface area (Å²) in [6.07, 6.45) is 2.34. The standard InChI is InChI=1S/C11H17N.CO2.CH4.ClH/c1-3-10-4-6-11(7-5-10)8-9(2)12;2-1-3;;/h4-7,9H,3,8,12H2,1-2H3;;1H4;1H. The Morgan fingerprint density at radius 3 is 1.82 bits per heavy atom. The Balaban J connectivity index is -0.000000356. The molecule has 1 aromatic rings. The zero-order chi connectivity index (χ0) is 11.7. The molecule has 1 unspecified atom stereocenters. The van der Waals surface area contributed by atoms with Gasteiger partial charge in [0, 0.05) is 6.04 Å². The Labute approximate surface area is 110 Å². The summed E-state index contributed by atoms with van der Waals surface area (Å²) in [5.74, 6) is 0. The van der Waals surface area contributed by atoms with Crippen LogP contribution in [0, 0.1) is 0 Å². The monoisotopic (exact) mass is 259 g/mol. The molecule has 17 heavy (non-hydrogen) atoms. The average molecular weight is 260 g/mol. The summed E-state index contributed by atoms with van der Waals surface area (Å²) in [6, 6.07) is 8.96. The fourth-order valence-electron chi connectivity index (χ4n) is 1.28. The van der Waals surface area contributed by atoms with Crippen molar-refractivity contribution in [3.63, 3.8) is 0 Å². The third-order valence-electron chi connectivity index (χ3n) is 1.99. The molecule has 4 heteroatoms. The highest BCUT2D eigenvalue weighted by atomic mass is 35.5. The van der Waals surface area contributed by atoms with Crippen LogP contribution in [0.1, 0.15) is 32.4 Å². The van der Waals surface area contributed by atoms with E-state index in [0.29, 0.717) is 0 Å². The first-order valence-electron chi connectivity index (χ1n) is 4.96. The Bertz CT molecular complexity index is 304. The number of nitrogens with two attached hydrogens (primary N) is 1. The van der Waals surface area contributed by atoms with Gasteiger partial charge in [0.05, 0.1) is 0 Å². The van der Waals surface area contributed by atoms with Crippen molar-refractivity contribution in [3.8, 4) is 0 Å². The minimum atomic E-state index is 0. The third kappa shape index (κ3) is 11.1. The molecular weight excluding hydrogens is 238 g/mol. The second kappa shape index (κ2) is 12.9. The third-order valence-corrected chi connectivity index (χ3v) is 1.99. The summed E-state index contributed by atoms with van der Waals surface area (Å²) in [6.45, 7) is 4.20. The van der Waals surface area contributed by atoms with E-state index >= 15 is 0 Å². The van der Waals surface area contributed by atoms with Crippen molar-refractivity contribution in [2.45, 2.75) is 40.2 Å². The Morgan fingerprint density at radius 1 is 1.18 bits per heavy atom. The van der Waals surface area contributed by atoms with Crippen LogP contribution in [0.2, 0.25) is 0 Å². The number of hydrogen-bond acceptors (Lipinski definition) is 3. The van der Waals surface area contributed by atoms with Crippen LogP contribution in [-0.2, 0) is 22.4 Å². The molecule has 0 bridgehead atoms. The minimum Gasteiger partial charge on any atom is -0.328 e. The van der Waals surface area contributed by atoms with Gasteiger partial charge in [-0.15, -0.1) is 12.4 Å². The molecule has 0 spiro atoms. The molecule has 0 aromatic heterocycles. The van der Waals surface area contributed by atoms with Gasteiger partial charge < -0.3 is 5.73 Å². The number of halogens is 1. The molecular formula is C13H22ClNO2. The molecule has 0 saturated heterocycles. The van der Waals surface area contributed by atoms with Gasteiger partial charge in [0.25, 0.3) is 0 Å². The summed E-state index contributed by atoms with van der Waals surface area (Å²) in [7, 11) is 0.